The van der Waals surface area contributed by atoms with Gasteiger partial charge >= 0.3 is 0 Å². The normalized spacial score (nSPS) is 22.2. The summed E-state index contributed by atoms with van der Waals surface area (Å²) in [4.78, 5) is 14.3. The Labute approximate surface area is 113 Å². The van der Waals surface area contributed by atoms with E-state index in [0.717, 1.165) is 31.5 Å². The van der Waals surface area contributed by atoms with Crippen molar-refractivity contribution in [2.45, 2.75) is 31.8 Å². The first-order valence-corrected chi connectivity index (χ1v) is 7.00. The van der Waals surface area contributed by atoms with E-state index in [-0.39, 0.29) is 12.0 Å². The van der Waals surface area contributed by atoms with Crippen LogP contribution in [0, 0.1) is 0 Å². The van der Waals surface area contributed by atoms with Crippen LogP contribution in [0.3, 0.4) is 0 Å². The second kappa shape index (κ2) is 5.21. The smallest absolute Gasteiger partial charge is 0.253 e. The summed E-state index contributed by atoms with van der Waals surface area (Å²) < 4.78 is 5.40. The number of aryl methyl sites for hydroxylation is 1. The maximum Gasteiger partial charge on any atom is 0.253 e. The number of anilines is 2. The fourth-order valence-corrected chi connectivity index (χ4v) is 2.84. The maximum absolute atomic E-state index is 12.0. The van der Waals surface area contributed by atoms with E-state index in [9.17, 15) is 4.79 Å². The van der Waals surface area contributed by atoms with Crippen molar-refractivity contribution < 1.29 is 9.53 Å². The van der Waals surface area contributed by atoms with Crippen molar-refractivity contribution in [1.82, 2.24) is 0 Å². The van der Waals surface area contributed by atoms with Crippen molar-refractivity contribution in [3.8, 4) is 0 Å². The number of nitrogens with one attached hydrogen (secondary N) is 1. The number of hydrogen-bond acceptors (Lipinski definition) is 3. The number of ether oxygens (including phenoxy) is 1. The summed E-state index contributed by atoms with van der Waals surface area (Å²) in [6, 6.07) is 6.18. The highest BCUT2D eigenvalue weighted by Gasteiger charge is 2.24. The lowest BCUT2D eigenvalue weighted by Gasteiger charge is -2.28. The first-order valence-electron chi connectivity index (χ1n) is 7.00. The molecule has 1 fully saturated rings. The van der Waals surface area contributed by atoms with Gasteiger partial charge in [-0.1, -0.05) is 6.07 Å². The third kappa shape index (κ3) is 2.59. The Morgan fingerprint density at radius 1 is 1.42 bits per heavy atom. The van der Waals surface area contributed by atoms with E-state index >= 15 is 0 Å². The van der Waals surface area contributed by atoms with Gasteiger partial charge in [0, 0.05) is 31.6 Å². The Morgan fingerprint density at radius 3 is 3.11 bits per heavy atom. The van der Waals surface area contributed by atoms with Crippen LogP contribution in [0.25, 0.3) is 0 Å². The summed E-state index contributed by atoms with van der Waals surface area (Å²) in [5, 5.41) is 2.96. The zero-order chi connectivity index (χ0) is 13.2. The van der Waals surface area contributed by atoms with Gasteiger partial charge in [-0.25, -0.2) is 0 Å². The van der Waals surface area contributed by atoms with E-state index in [2.05, 4.69) is 29.4 Å². The molecule has 0 radical (unpaired) electrons. The van der Waals surface area contributed by atoms with Gasteiger partial charge in [0.15, 0.2) is 0 Å². The molecule has 2 heterocycles. The van der Waals surface area contributed by atoms with Crippen molar-refractivity contribution in [3.05, 3.63) is 23.8 Å². The Balaban J connectivity index is 1.74. The molecule has 102 valence electrons. The molecular weight excluding hydrogens is 240 g/mol. The van der Waals surface area contributed by atoms with Crippen LogP contribution in [-0.2, 0) is 16.0 Å². The fourth-order valence-electron chi connectivity index (χ4n) is 2.84. The molecule has 0 spiro atoms. The number of benzene rings is 1. The molecule has 0 saturated carbocycles. The molecule has 4 heteroatoms. The zero-order valence-electron chi connectivity index (χ0n) is 11.3. The minimum atomic E-state index is -0.270. The predicted molar refractivity (Wildman–Crippen MR) is 75.6 cm³/mol. The number of rotatable bonds is 2. The summed E-state index contributed by atoms with van der Waals surface area (Å²) in [5.41, 5.74) is 3.47. The number of fused-ring (bicyclic) bond motifs is 1. The lowest BCUT2D eigenvalue weighted by atomic mass is 10.0. The standard InChI is InChI=1S/C15H20N2O2/c1-17-8-2-4-11-6-7-12(10-13(11)17)16-15(18)14-5-3-9-19-14/h6-7,10,14H,2-5,8-9H2,1H3,(H,16,18). The Hall–Kier alpha value is -1.55. The molecule has 1 N–H and O–H groups in total. The number of nitrogens with zero attached hydrogens (tertiary/aromatic N) is 1. The van der Waals surface area contributed by atoms with Gasteiger partial charge in [-0.2, -0.15) is 0 Å². The summed E-state index contributed by atoms with van der Waals surface area (Å²) in [5.74, 6) is -0.0177. The Bertz CT molecular complexity index is 481. The number of carbonyl (C=O) groups is 1. The van der Waals surface area contributed by atoms with Gasteiger partial charge in [0.25, 0.3) is 5.91 Å². The Morgan fingerprint density at radius 2 is 2.32 bits per heavy atom. The minimum absolute atomic E-state index is 0.0177. The SMILES string of the molecule is CN1CCCc2ccc(NC(=O)C3CCCO3)cc21. The third-order valence-corrected chi connectivity index (χ3v) is 3.93. The van der Waals surface area contributed by atoms with Gasteiger partial charge in [-0.3, -0.25) is 4.79 Å². The predicted octanol–water partition coefficient (Wildman–Crippen LogP) is 2.19. The summed E-state index contributed by atoms with van der Waals surface area (Å²) in [7, 11) is 2.10. The molecular formula is C15H20N2O2. The van der Waals surface area contributed by atoms with E-state index in [1.54, 1.807) is 0 Å². The highest BCUT2D eigenvalue weighted by atomic mass is 16.5. The number of hydrogen-bond donors (Lipinski definition) is 1. The maximum atomic E-state index is 12.0. The number of amides is 1. The van der Waals surface area contributed by atoms with E-state index in [0.29, 0.717) is 6.61 Å². The highest BCUT2D eigenvalue weighted by Crippen LogP contribution is 2.29. The average Bonchev–Trinajstić information content (AvgIpc) is 2.94. The molecule has 3 rings (SSSR count). The second-order valence-corrected chi connectivity index (χ2v) is 5.36. The molecule has 1 atom stereocenters. The topological polar surface area (TPSA) is 41.6 Å². The van der Waals surface area contributed by atoms with Gasteiger partial charge in [0.2, 0.25) is 0 Å². The van der Waals surface area contributed by atoms with Crippen LogP contribution in [0.1, 0.15) is 24.8 Å². The second-order valence-electron chi connectivity index (χ2n) is 5.36. The van der Waals surface area contributed by atoms with Gasteiger partial charge in [0.1, 0.15) is 6.10 Å². The average molecular weight is 260 g/mol. The van der Waals surface area contributed by atoms with E-state index in [1.807, 2.05) is 6.07 Å². The van der Waals surface area contributed by atoms with Gasteiger partial charge < -0.3 is 15.0 Å². The molecule has 1 aromatic rings. The number of carbonyl (C=O) groups excluding carboxylic acids is 1. The van der Waals surface area contributed by atoms with Crippen LogP contribution in [0.4, 0.5) is 11.4 Å². The molecule has 19 heavy (non-hydrogen) atoms. The van der Waals surface area contributed by atoms with E-state index < -0.39 is 0 Å². The zero-order valence-corrected chi connectivity index (χ0v) is 11.3. The molecule has 0 bridgehead atoms. The monoisotopic (exact) mass is 260 g/mol. The molecule has 1 amide bonds. The molecule has 0 aliphatic carbocycles. The third-order valence-electron chi connectivity index (χ3n) is 3.93. The molecule has 2 aliphatic heterocycles. The van der Waals surface area contributed by atoms with Crippen LogP contribution in [0.5, 0.6) is 0 Å². The van der Waals surface area contributed by atoms with Gasteiger partial charge in [0.05, 0.1) is 0 Å². The molecule has 1 saturated heterocycles. The summed E-state index contributed by atoms with van der Waals surface area (Å²) in [6.07, 6.45) is 3.86. The van der Waals surface area contributed by atoms with E-state index in [4.69, 9.17) is 4.74 Å². The van der Waals surface area contributed by atoms with Gasteiger partial charge in [-0.15, -0.1) is 0 Å². The summed E-state index contributed by atoms with van der Waals surface area (Å²) >= 11 is 0. The summed E-state index contributed by atoms with van der Waals surface area (Å²) in [6.45, 7) is 1.78. The Kier molecular flexibility index (Phi) is 3.42. The quantitative estimate of drug-likeness (QED) is 0.886. The van der Waals surface area contributed by atoms with Crippen molar-refractivity contribution in [2.24, 2.45) is 0 Å². The van der Waals surface area contributed by atoms with Crippen LogP contribution in [0.15, 0.2) is 18.2 Å². The molecule has 0 aromatic heterocycles. The molecule has 4 nitrogen and oxygen atoms in total. The van der Waals surface area contributed by atoms with Crippen molar-refractivity contribution >= 4 is 17.3 Å². The van der Waals surface area contributed by atoms with Crippen LogP contribution >= 0.6 is 0 Å². The van der Waals surface area contributed by atoms with Crippen LogP contribution in [-0.4, -0.2) is 32.2 Å². The molecule has 1 unspecified atom stereocenters. The lowest BCUT2D eigenvalue weighted by Crippen LogP contribution is -2.28. The van der Waals surface area contributed by atoms with Crippen molar-refractivity contribution in [1.29, 1.82) is 0 Å². The first-order chi connectivity index (χ1) is 9.24. The van der Waals surface area contributed by atoms with Crippen molar-refractivity contribution in [2.75, 3.05) is 30.4 Å². The fraction of sp³-hybridized carbons (Fsp3) is 0.533. The van der Waals surface area contributed by atoms with Crippen LogP contribution in [0.2, 0.25) is 0 Å². The van der Waals surface area contributed by atoms with E-state index in [1.165, 1.54) is 17.7 Å². The van der Waals surface area contributed by atoms with Crippen molar-refractivity contribution in [3.63, 3.8) is 0 Å². The highest BCUT2D eigenvalue weighted by molar-refractivity contribution is 5.94. The first kappa shape index (κ1) is 12.5. The minimum Gasteiger partial charge on any atom is -0.374 e. The lowest BCUT2D eigenvalue weighted by molar-refractivity contribution is -0.124. The largest absolute Gasteiger partial charge is 0.374 e. The molecule has 2 aliphatic rings. The van der Waals surface area contributed by atoms with Gasteiger partial charge in [-0.05, 0) is 43.4 Å². The molecule has 1 aromatic carbocycles. The van der Waals surface area contributed by atoms with Crippen LogP contribution < -0.4 is 10.2 Å².